The predicted octanol–water partition coefficient (Wildman–Crippen LogP) is 3.05. The van der Waals surface area contributed by atoms with E-state index >= 15 is 0 Å². The van der Waals surface area contributed by atoms with Crippen LogP contribution in [0.1, 0.15) is 40.7 Å². The second-order valence-electron chi connectivity index (χ2n) is 5.55. The largest absolute Gasteiger partial charge is 0.320 e. The smallest absolute Gasteiger partial charge is 0.000815 e. The Bertz CT molecular complexity index is 370. The van der Waals surface area contributed by atoms with Crippen LogP contribution in [0.5, 0.6) is 0 Å². The first-order valence-corrected chi connectivity index (χ1v) is 7.49. The van der Waals surface area contributed by atoms with E-state index in [1.54, 1.807) is 5.56 Å². The molecule has 1 rings (SSSR count). The Labute approximate surface area is 119 Å². The third-order valence-corrected chi connectivity index (χ3v) is 4.10. The molecule has 2 heteroatoms. The lowest BCUT2D eigenvalue weighted by Crippen LogP contribution is -2.20. The third-order valence-electron chi connectivity index (χ3n) is 4.10. The van der Waals surface area contributed by atoms with Gasteiger partial charge in [-0.2, -0.15) is 0 Å². The van der Waals surface area contributed by atoms with E-state index in [9.17, 15) is 0 Å². The van der Waals surface area contributed by atoms with E-state index in [0.29, 0.717) is 0 Å². The van der Waals surface area contributed by atoms with Crippen molar-refractivity contribution in [2.24, 2.45) is 0 Å². The molecule has 0 fully saturated rings. The van der Waals surface area contributed by atoms with Crippen LogP contribution in [0.4, 0.5) is 0 Å². The molecule has 0 saturated heterocycles. The van der Waals surface area contributed by atoms with Crippen LogP contribution in [0, 0.1) is 27.7 Å². The topological polar surface area (TPSA) is 24.1 Å². The molecule has 0 saturated carbocycles. The van der Waals surface area contributed by atoms with Crippen LogP contribution in [0.2, 0.25) is 0 Å². The second kappa shape index (κ2) is 8.34. The minimum absolute atomic E-state index is 1.09. The Morgan fingerprint density at radius 2 is 1.42 bits per heavy atom. The van der Waals surface area contributed by atoms with Gasteiger partial charge in [-0.25, -0.2) is 0 Å². The number of hydrogen-bond acceptors (Lipinski definition) is 2. The summed E-state index contributed by atoms with van der Waals surface area (Å²) in [5.41, 5.74) is 7.33. The first-order valence-electron chi connectivity index (χ1n) is 7.49. The Morgan fingerprint density at radius 3 is 2.00 bits per heavy atom. The average Bonchev–Trinajstić information content (AvgIpc) is 2.39. The lowest BCUT2D eigenvalue weighted by Gasteiger charge is -2.15. The van der Waals surface area contributed by atoms with Crippen molar-refractivity contribution in [1.29, 1.82) is 0 Å². The van der Waals surface area contributed by atoms with Gasteiger partial charge in [0, 0.05) is 0 Å². The highest BCUT2D eigenvalue weighted by atomic mass is 14.8. The van der Waals surface area contributed by atoms with Crippen molar-refractivity contribution >= 4 is 0 Å². The standard InChI is InChI=1S/C17H30N2/c1-13-12-14(2)16(4)17(15(13)3)8-11-19-10-7-6-9-18-5/h12,18-19H,6-11H2,1-5H3. The summed E-state index contributed by atoms with van der Waals surface area (Å²) in [5.74, 6) is 0. The van der Waals surface area contributed by atoms with Gasteiger partial charge in [0.1, 0.15) is 0 Å². The second-order valence-corrected chi connectivity index (χ2v) is 5.55. The van der Waals surface area contributed by atoms with E-state index in [0.717, 1.165) is 26.1 Å². The van der Waals surface area contributed by atoms with Crippen LogP contribution in [-0.4, -0.2) is 26.7 Å². The molecule has 0 heterocycles. The first-order chi connectivity index (χ1) is 9.07. The summed E-state index contributed by atoms with van der Waals surface area (Å²) in [4.78, 5) is 0. The van der Waals surface area contributed by atoms with Gasteiger partial charge >= 0.3 is 0 Å². The van der Waals surface area contributed by atoms with Gasteiger partial charge in [-0.3, -0.25) is 0 Å². The van der Waals surface area contributed by atoms with Gasteiger partial charge in [-0.15, -0.1) is 0 Å². The molecular weight excluding hydrogens is 232 g/mol. The molecule has 2 N–H and O–H groups in total. The molecule has 0 aliphatic rings. The van der Waals surface area contributed by atoms with E-state index < -0.39 is 0 Å². The lowest BCUT2D eigenvalue weighted by molar-refractivity contribution is 0.605. The normalized spacial score (nSPS) is 11.0. The van der Waals surface area contributed by atoms with Gasteiger partial charge in [-0.05, 0) is 101 Å². The maximum atomic E-state index is 3.56. The van der Waals surface area contributed by atoms with Gasteiger partial charge in [0.2, 0.25) is 0 Å². The predicted molar refractivity (Wildman–Crippen MR) is 85.1 cm³/mol. The van der Waals surface area contributed by atoms with Crippen LogP contribution in [0.25, 0.3) is 0 Å². The molecule has 2 nitrogen and oxygen atoms in total. The number of unbranched alkanes of at least 4 members (excludes halogenated alkanes) is 1. The van der Waals surface area contributed by atoms with Crippen LogP contribution in [0.15, 0.2) is 6.07 Å². The van der Waals surface area contributed by atoms with Crippen molar-refractivity contribution in [1.82, 2.24) is 10.6 Å². The average molecular weight is 262 g/mol. The molecule has 0 bridgehead atoms. The van der Waals surface area contributed by atoms with Crippen LogP contribution in [-0.2, 0) is 6.42 Å². The summed E-state index contributed by atoms with van der Waals surface area (Å²) in [5, 5.41) is 6.74. The minimum Gasteiger partial charge on any atom is -0.320 e. The Balaban J connectivity index is 2.41. The van der Waals surface area contributed by atoms with Crippen molar-refractivity contribution in [3.63, 3.8) is 0 Å². The lowest BCUT2D eigenvalue weighted by atomic mass is 9.92. The van der Waals surface area contributed by atoms with Crippen LogP contribution in [0.3, 0.4) is 0 Å². The van der Waals surface area contributed by atoms with Gasteiger partial charge in [0.05, 0.1) is 0 Å². The Hall–Kier alpha value is -0.860. The number of benzene rings is 1. The SMILES string of the molecule is CNCCCCNCCc1c(C)c(C)cc(C)c1C. The van der Waals surface area contributed by atoms with E-state index in [2.05, 4.69) is 44.4 Å². The minimum atomic E-state index is 1.09. The molecule has 108 valence electrons. The molecule has 1 aromatic rings. The highest BCUT2D eigenvalue weighted by Crippen LogP contribution is 2.21. The number of rotatable bonds is 8. The quantitative estimate of drug-likeness (QED) is 0.704. The summed E-state index contributed by atoms with van der Waals surface area (Å²) < 4.78 is 0. The molecule has 0 atom stereocenters. The Morgan fingerprint density at radius 1 is 0.842 bits per heavy atom. The maximum Gasteiger partial charge on any atom is -0.000815 e. The molecule has 0 amide bonds. The molecule has 1 aromatic carbocycles. The zero-order chi connectivity index (χ0) is 14.3. The molecule has 0 radical (unpaired) electrons. The zero-order valence-electron chi connectivity index (χ0n) is 13.3. The van der Waals surface area contributed by atoms with Crippen molar-refractivity contribution in [3.8, 4) is 0 Å². The van der Waals surface area contributed by atoms with E-state index in [1.165, 1.54) is 35.1 Å². The zero-order valence-corrected chi connectivity index (χ0v) is 13.3. The molecule has 19 heavy (non-hydrogen) atoms. The first kappa shape index (κ1) is 16.2. The van der Waals surface area contributed by atoms with Crippen LogP contribution >= 0.6 is 0 Å². The molecule has 0 aliphatic heterocycles. The van der Waals surface area contributed by atoms with Crippen molar-refractivity contribution in [2.45, 2.75) is 47.0 Å². The molecule has 0 aromatic heterocycles. The van der Waals surface area contributed by atoms with Crippen LogP contribution < -0.4 is 10.6 Å². The van der Waals surface area contributed by atoms with E-state index in [-0.39, 0.29) is 0 Å². The third kappa shape index (κ3) is 4.96. The van der Waals surface area contributed by atoms with Gasteiger partial charge in [0.15, 0.2) is 0 Å². The summed E-state index contributed by atoms with van der Waals surface area (Å²) in [6.07, 6.45) is 3.66. The van der Waals surface area contributed by atoms with Gasteiger partial charge < -0.3 is 10.6 Å². The summed E-state index contributed by atoms with van der Waals surface area (Å²) in [6.45, 7) is 12.3. The molecule has 0 aliphatic carbocycles. The number of aryl methyl sites for hydroxylation is 2. The maximum absolute atomic E-state index is 3.56. The van der Waals surface area contributed by atoms with Crippen molar-refractivity contribution in [3.05, 3.63) is 33.9 Å². The fraction of sp³-hybridized carbons (Fsp3) is 0.647. The highest BCUT2D eigenvalue weighted by Gasteiger charge is 2.07. The summed E-state index contributed by atoms with van der Waals surface area (Å²) in [6, 6.07) is 2.30. The van der Waals surface area contributed by atoms with E-state index in [4.69, 9.17) is 0 Å². The number of nitrogens with one attached hydrogen (secondary N) is 2. The summed E-state index contributed by atoms with van der Waals surface area (Å²) >= 11 is 0. The Kier molecular flexibility index (Phi) is 7.11. The molecule has 0 unspecified atom stereocenters. The van der Waals surface area contributed by atoms with Crippen molar-refractivity contribution < 1.29 is 0 Å². The van der Waals surface area contributed by atoms with Crippen molar-refractivity contribution in [2.75, 3.05) is 26.7 Å². The monoisotopic (exact) mass is 262 g/mol. The molecular formula is C17H30N2. The van der Waals surface area contributed by atoms with Gasteiger partial charge in [-0.1, -0.05) is 6.07 Å². The number of hydrogen-bond donors (Lipinski definition) is 2. The fourth-order valence-electron chi connectivity index (χ4n) is 2.56. The highest BCUT2D eigenvalue weighted by molar-refractivity contribution is 5.44. The van der Waals surface area contributed by atoms with E-state index in [1.807, 2.05) is 7.05 Å². The van der Waals surface area contributed by atoms with Gasteiger partial charge in [0.25, 0.3) is 0 Å². The summed E-state index contributed by atoms with van der Waals surface area (Å²) in [7, 11) is 2.01. The fourth-order valence-corrected chi connectivity index (χ4v) is 2.56. The molecule has 0 spiro atoms.